The van der Waals surface area contributed by atoms with Crippen LogP contribution >= 0.6 is 0 Å². The average Bonchev–Trinajstić information content (AvgIpc) is 2.87. The Hall–Kier alpha value is -2.57. The molecule has 0 bridgehead atoms. The highest BCUT2D eigenvalue weighted by molar-refractivity contribution is 5.93. The van der Waals surface area contributed by atoms with E-state index in [9.17, 15) is 14.4 Å². The predicted octanol–water partition coefficient (Wildman–Crippen LogP) is 5.03. The number of rotatable bonds is 17. The standard InChI is InChI=1S/C28H44N2O5/c1-3-5-6-7-8-9-10-11-12-16-21-34-26(31)22-24-27(32)29-19-20-30(24)28(33)25(4-2)35-23-17-14-13-15-18-23/h13-15,17-18,24-25H,3-12,16,19-22H2,1-2H3,(H,29,32). The first-order valence-corrected chi connectivity index (χ1v) is 13.5. The normalized spacial score (nSPS) is 16.5. The van der Waals surface area contributed by atoms with Crippen molar-refractivity contribution in [3.05, 3.63) is 30.3 Å². The molecular weight excluding hydrogens is 444 g/mol. The van der Waals surface area contributed by atoms with Gasteiger partial charge in [0.05, 0.1) is 13.0 Å². The highest BCUT2D eigenvalue weighted by Gasteiger charge is 2.38. The molecule has 0 radical (unpaired) electrons. The zero-order valence-electron chi connectivity index (χ0n) is 21.6. The van der Waals surface area contributed by atoms with Crippen LogP contribution in [-0.4, -0.2) is 54.5 Å². The molecule has 196 valence electrons. The molecule has 2 amide bonds. The van der Waals surface area contributed by atoms with Crippen LogP contribution in [0.3, 0.4) is 0 Å². The Bertz CT molecular complexity index is 755. The Morgan fingerprint density at radius 1 is 0.971 bits per heavy atom. The van der Waals surface area contributed by atoms with E-state index in [2.05, 4.69) is 12.2 Å². The minimum Gasteiger partial charge on any atom is -0.481 e. The van der Waals surface area contributed by atoms with Gasteiger partial charge in [0.25, 0.3) is 5.91 Å². The molecule has 2 rings (SSSR count). The largest absolute Gasteiger partial charge is 0.481 e. The number of benzene rings is 1. The molecule has 1 aromatic carbocycles. The van der Waals surface area contributed by atoms with Crippen molar-refractivity contribution >= 4 is 17.8 Å². The minimum atomic E-state index is -0.870. The van der Waals surface area contributed by atoms with Gasteiger partial charge in [-0.1, -0.05) is 89.8 Å². The molecule has 0 spiro atoms. The number of unbranched alkanes of at least 4 members (excludes halogenated alkanes) is 9. The fraction of sp³-hybridized carbons (Fsp3) is 0.679. The first-order chi connectivity index (χ1) is 17.1. The Labute approximate surface area is 210 Å². The van der Waals surface area contributed by atoms with E-state index in [0.717, 1.165) is 19.3 Å². The van der Waals surface area contributed by atoms with Crippen molar-refractivity contribution in [2.24, 2.45) is 0 Å². The third-order valence-electron chi connectivity index (χ3n) is 6.40. The molecule has 0 saturated carbocycles. The maximum atomic E-state index is 13.2. The first-order valence-electron chi connectivity index (χ1n) is 13.5. The van der Waals surface area contributed by atoms with Gasteiger partial charge in [0.2, 0.25) is 5.91 Å². The van der Waals surface area contributed by atoms with Gasteiger partial charge in [-0.25, -0.2) is 0 Å². The van der Waals surface area contributed by atoms with E-state index in [1.165, 1.54) is 49.8 Å². The van der Waals surface area contributed by atoms with Gasteiger partial charge in [0, 0.05) is 13.1 Å². The van der Waals surface area contributed by atoms with Crippen LogP contribution in [0.5, 0.6) is 5.75 Å². The number of carbonyl (C=O) groups excluding carboxylic acids is 3. The maximum Gasteiger partial charge on any atom is 0.308 e. The van der Waals surface area contributed by atoms with Gasteiger partial charge in [-0.15, -0.1) is 0 Å². The van der Waals surface area contributed by atoms with E-state index in [0.29, 0.717) is 31.9 Å². The van der Waals surface area contributed by atoms with Crippen LogP contribution in [0.2, 0.25) is 0 Å². The molecule has 1 aliphatic rings. The number of esters is 1. The lowest BCUT2D eigenvalue weighted by Crippen LogP contribution is -2.60. The number of hydrogen-bond donors (Lipinski definition) is 1. The molecule has 1 aliphatic heterocycles. The molecule has 0 aromatic heterocycles. The molecule has 1 saturated heterocycles. The third-order valence-corrected chi connectivity index (χ3v) is 6.40. The molecule has 7 heteroatoms. The zero-order chi connectivity index (χ0) is 25.3. The number of nitrogens with one attached hydrogen (secondary N) is 1. The molecular formula is C28H44N2O5. The molecule has 7 nitrogen and oxygen atoms in total. The van der Waals surface area contributed by atoms with E-state index < -0.39 is 18.1 Å². The van der Waals surface area contributed by atoms with E-state index in [1.54, 1.807) is 12.1 Å². The van der Waals surface area contributed by atoms with Crippen LogP contribution in [0, 0.1) is 0 Å². The summed E-state index contributed by atoms with van der Waals surface area (Å²) in [7, 11) is 0. The summed E-state index contributed by atoms with van der Waals surface area (Å²) in [5.74, 6) is -0.451. The molecule has 35 heavy (non-hydrogen) atoms. The van der Waals surface area contributed by atoms with Gasteiger partial charge in [0.1, 0.15) is 11.8 Å². The smallest absolute Gasteiger partial charge is 0.308 e. The van der Waals surface area contributed by atoms with Gasteiger partial charge in [0.15, 0.2) is 6.10 Å². The van der Waals surface area contributed by atoms with Gasteiger partial charge >= 0.3 is 5.97 Å². The molecule has 1 fully saturated rings. The van der Waals surface area contributed by atoms with Crippen molar-refractivity contribution in [3.8, 4) is 5.75 Å². The second kappa shape index (κ2) is 17.0. The summed E-state index contributed by atoms with van der Waals surface area (Å²) in [5.41, 5.74) is 0. The molecule has 0 aliphatic carbocycles. The minimum absolute atomic E-state index is 0.142. The van der Waals surface area contributed by atoms with Crippen molar-refractivity contribution in [3.63, 3.8) is 0 Å². The lowest BCUT2D eigenvalue weighted by atomic mass is 10.1. The molecule has 2 atom stereocenters. The van der Waals surface area contributed by atoms with Crippen molar-refractivity contribution in [2.75, 3.05) is 19.7 Å². The topological polar surface area (TPSA) is 84.9 Å². The lowest BCUT2D eigenvalue weighted by molar-refractivity contribution is -0.154. The average molecular weight is 489 g/mol. The summed E-state index contributed by atoms with van der Waals surface area (Å²) in [6, 6.07) is 8.28. The fourth-order valence-corrected chi connectivity index (χ4v) is 4.33. The Morgan fingerprint density at radius 2 is 1.60 bits per heavy atom. The molecule has 1 N–H and O–H groups in total. The number of carbonyl (C=O) groups is 3. The number of para-hydroxylation sites is 1. The summed E-state index contributed by atoms with van der Waals surface area (Å²) in [6.45, 7) is 5.15. The highest BCUT2D eigenvalue weighted by Crippen LogP contribution is 2.18. The second-order valence-corrected chi connectivity index (χ2v) is 9.27. The van der Waals surface area contributed by atoms with Crippen molar-refractivity contribution < 1.29 is 23.9 Å². The molecule has 1 aromatic rings. The van der Waals surface area contributed by atoms with Crippen molar-refractivity contribution in [2.45, 2.75) is 103 Å². The lowest BCUT2D eigenvalue weighted by Gasteiger charge is -2.36. The van der Waals surface area contributed by atoms with E-state index in [1.807, 2.05) is 25.1 Å². The van der Waals surface area contributed by atoms with E-state index in [4.69, 9.17) is 9.47 Å². The van der Waals surface area contributed by atoms with Crippen molar-refractivity contribution in [1.29, 1.82) is 0 Å². The Morgan fingerprint density at radius 3 is 2.23 bits per heavy atom. The fourth-order valence-electron chi connectivity index (χ4n) is 4.33. The van der Waals surface area contributed by atoms with Crippen LogP contribution in [0.1, 0.15) is 90.9 Å². The van der Waals surface area contributed by atoms with Crippen LogP contribution in [0.4, 0.5) is 0 Å². The molecule has 1 heterocycles. The van der Waals surface area contributed by atoms with Gasteiger partial charge in [-0.3, -0.25) is 14.4 Å². The third kappa shape index (κ3) is 10.7. The van der Waals surface area contributed by atoms with E-state index >= 15 is 0 Å². The maximum absolute atomic E-state index is 13.2. The van der Waals surface area contributed by atoms with Gasteiger partial charge < -0.3 is 19.7 Å². The number of amides is 2. The van der Waals surface area contributed by atoms with Crippen LogP contribution < -0.4 is 10.1 Å². The zero-order valence-corrected chi connectivity index (χ0v) is 21.6. The SMILES string of the molecule is CCCCCCCCCCCCOC(=O)CC1C(=O)NCCN1C(=O)C(CC)Oc1ccccc1. The highest BCUT2D eigenvalue weighted by atomic mass is 16.5. The summed E-state index contributed by atoms with van der Waals surface area (Å²) in [6.07, 6.45) is 11.7. The Kier molecular flexibility index (Phi) is 13.9. The van der Waals surface area contributed by atoms with Gasteiger partial charge in [-0.05, 0) is 25.0 Å². The number of nitrogens with zero attached hydrogens (tertiary/aromatic N) is 1. The van der Waals surface area contributed by atoms with E-state index in [-0.39, 0.29) is 18.2 Å². The summed E-state index contributed by atoms with van der Waals surface area (Å²) >= 11 is 0. The quantitative estimate of drug-likeness (QED) is 0.246. The monoisotopic (exact) mass is 488 g/mol. The summed E-state index contributed by atoms with van der Waals surface area (Å²) < 4.78 is 11.3. The predicted molar refractivity (Wildman–Crippen MR) is 137 cm³/mol. The van der Waals surface area contributed by atoms with Gasteiger partial charge in [-0.2, -0.15) is 0 Å². The van der Waals surface area contributed by atoms with Crippen LogP contribution in [0.15, 0.2) is 30.3 Å². The van der Waals surface area contributed by atoms with Crippen LogP contribution in [-0.2, 0) is 19.1 Å². The second-order valence-electron chi connectivity index (χ2n) is 9.27. The first kappa shape index (κ1) is 28.7. The summed E-state index contributed by atoms with van der Waals surface area (Å²) in [4.78, 5) is 39.6. The number of ether oxygens (including phenoxy) is 2. The molecule has 2 unspecified atom stereocenters. The summed E-state index contributed by atoms with van der Waals surface area (Å²) in [5, 5.41) is 2.76. The number of hydrogen-bond acceptors (Lipinski definition) is 5. The Balaban J connectivity index is 1.73. The van der Waals surface area contributed by atoms with Crippen molar-refractivity contribution in [1.82, 2.24) is 10.2 Å². The number of piperazine rings is 1. The van der Waals surface area contributed by atoms with Crippen LogP contribution in [0.25, 0.3) is 0 Å².